The van der Waals surface area contributed by atoms with Gasteiger partial charge >= 0.3 is 0 Å². The number of nitro groups is 1. The first kappa shape index (κ1) is 19.1. The number of thioether (sulfide) groups is 1. The lowest BCUT2D eigenvalue weighted by Crippen LogP contribution is -2.28. The molecule has 2 N–H and O–H groups in total. The van der Waals surface area contributed by atoms with E-state index >= 15 is 0 Å². The molecule has 0 aliphatic rings. The molecule has 25 heavy (non-hydrogen) atoms. The van der Waals surface area contributed by atoms with Crippen molar-refractivity contribution in [1.82, 2.24) is 5.32 Å². The van der Waals surface area contributed by atoms with Gasteiger partial charge in [0.15, 0.2) is 0 Å². The molecule has 0 aliphatic heterocycles. The quantitative estimate of drug-likeness (QED) is 0.298. The van der Waals surface area contributed by atoms with Gasteiger partial charge in [-0.15, -0.1) is 11.8 Å². The Morgan fingerprint density at radius 3 is 2.40 bits per heavy atom. The summed E-state index contributed by atoms with van der Waals surface area (Å²) in [5.74, 6) is 0.690. The fourth-order valence-corrected chi connectivity index (χ4v) is 2.97. The Balaban J connectivity index is 1.58. The Hall–Kier alpha value is -2.25. The lowest BCUT2D eigenvalue weighted by Gasteiger charge is -2.08. The highest BCUT2D eigenvalue weighted by Gasteiger charge is 2.04. The molecule has 0 spiro atoms. The van der Waals surface area contributed by atoms with Gasteiger partial charge in [0.25, 0.3) is 5.69 Å². The summed E-state index contributed by atoms with van der Waals surface area (Å²) >= 11 is 7.43. The van der Waals surface area contributed by atoms with Crippen molar-refractivity contribution in [2.24, 2.45) is 0 Å². The summed E-state index contributed by atoms with van der Waals surface area (Å²) in [6, 6.07) is 13.7. The van der Waals surface area contributed by atoms with Crippen molar-refractivity contribution in [3.05, 3.63) is 63.7 Å². The highest BCUT2D eigenvalue weighted by atomic mass is 35.5. The van der Waals surface area contributed by atoms with E-state index in [9.17, 15) is 14.9 Å². The van der Waals surface area contributed by atoms with Crippen LogP contribution in [-0.2, 0) is 4.79 Å². The van der Waals surface area contributed by atoms with Crippen LogP contribution in [0.1, 0.15) is 6.42 Å². The number of hydrogen-bond acceptors (Lipinski definition) is 5. The Morgan fingerprint density at radius 1 is 1.08 bits per heavy atom. The van der Waals surface area contributed by atoms with Gasteiger partial charge in [-0.3, -0.25) is 14.9 Å². The summed E-state index contributed by atoms with van der Waals surface area (Å²) < 4.78 is 0. The molecule has 0 saturated carbocycles. The molecule has 0 unspecified atom stereocenters. The van der Waals surface area contributed by atoms with Crippen molar-refractivity contribution in [1.29, 1.82) is 0 Å². The molecule has 132 valence electrons. The van der Waals surface area contributed by atoms with Gasteiger partial charge in [-0.05, 0) is 36.4 Å². The van der Waals surface area contributed by atoms with Crippen LogP contribution in [0.3, 0.4) is 0 Å². The second-order valence-corrected chi connectivity index (χ2v) is 6.74. The molecule has 0 aliphatic carbocycles. The molecule has 0 bridgehead atoms. The van der Waals surface area contributed by atoms with Crippen LogP contribution in [0.2, 0.25) is 5.02 Å². The number of rotatable bonds is 9. The van der Waals surface area contributed by atoms with Crippen LogP contribution in [0.15, 0.2) is 53.4 Å². The largest absolute Gasteiger partial charge is 0.383 e. The minimum Gasteiger partial charge on any atom is -0.383 e. The van der Waals surface area contributed by atoms with E-state index in [2.05, 4.69) is 10.6 Å². The second-order valence-electron chi connectivity index (χ2n) is 5.13. The Kier molecular flexibility index (Phi) is 7.56. The van der Waals surface area contributed by atoms with Gasteiger partial charge in [-0.1, -0.05) is 11.6 Å². The third-order valence-corrected chi connectivity index (χ3v) is 4.53. The SMILES string of the molecule is O=C(CCSc1ccc(Cl)cc1)NCCNc1ccc([N+](=O)[O-])cc1. The number of non-ortho nitro benzene ring substituents is 1. The van der Waals surface area contributed by atoms with Crippen molar-refractivity contribution in [3.63, 3.8) is 0 Å². The molecule has 2 aromatic rings. The maximum absolute atomic E-state index is 11.8. The Labute approximate surface area is 155 Å². The van der Waals surface area contributed by atoms with E-state index in [1.54, 1.807) is 23.9 Å². The van der Waals surface area contributed by atoms with E-state index in [1.807, 2.05) is 24.3 Å². The van der Waals surface area contributed by atoms with Crippen molar-refractivity contribution in [2.45, 2.75) is 11.3 Å². The third-order valence-electron chi connectivity index (χ3n) is 3.27. The van der Waals surface area contributed by atoms with Crippen LogP contribution >= 0.6 is 23.4 Å². The average molecular weight is 380 g/mol. The third kappa shape index (κ3) is 7.03. The van der Waals surface area contributed by atoms with E-state index < -0.39 is 4.92 Å². The van der Waals surface area contributed by atoms with Crippen LogP contribution in [0.4, 0.5) is 11.4 Å². The molecule has 2 rings (SSSR count). The maximum Gasteiger partial charge on any atom is 0.269 e. The normalized spacial score (nSPS) is 10.3. The minimum absolute atomic E-state index is 0.00744. The zero-order valence-corrected chi connectivity index (χ0v) is 15.0. The summed E-state index contributed by atoms with van der Waals surface area (Å²) in [5, 5.41) is 17.2. The maximum atomic E-state index is 11.8. The van der Waals surface area contributed by atoms with Gasteiger partial charge in [-0.2, -0.15) is 0 Å². The van der Waals surface area contributed by atoms with Gasteiger partial charge in [-0.25, -0.2) is 0 Å². The second kappa shape index (κ2) is 9.90. The number of amides is 1. The number of carbonyl (C=O) groups is 1. The average Bonchev–Trinajstić information content (AvgIpc) is 2.61. The standard InChI is InChI=1S/C17H18ClN3O3S/c18-13-1-7-16(8-2-13)25-12-9-17(22)20-11-10-19-14-3-5-15(6-4-14)21(23)24/h1-8,19H,9-12H2,(H,20,22). The van der Waals surface area contributed by atoms with Crippen LogP contribution in [0.5, 0.6) is 0 Å². The summed E-state index contributed by atoms with van der Waals surface area (Å²) in [6.07, 6.45) is 0.435. The smallest absolute Gasteiger partial charge is 0.269 e. The minimum atomic E-state index is -0.438. The zero-order chi connectivity index (χ0) is 18.1. The lowest BCUT2D eigenvalue weighted by atomic mass is 10.3. The van der Waals surface area contributed by atoms with E-state index in [4.69, 9.17) is 11.6 Å². The first-order chi connectivity index (χ1) is 12.0. The molecular formula is C17H18ClN3O3S. The Bertz CT molecular complexity index is 708. The summed E-state index contributed by atoms with van der Waals surface area (Å²) in [4.78, 5) is 23.0. The Morgan fingerprint density at radius 2 is 1.76 bits per heavy atom. The molecule has 6 nitrogen and oxygen atoms in total. The van der Waals surface area contributed by atoms with Crippen LogP contribution < -0.4 is 10.6 Å². The predicted octanol–water partition coefficient (Wildman–Crippen LogP) is 3.96. The van der Waals surface area contributed by atoms with E-state index in [-0.39, 0.29) is 11.6 Å². The molecule has 0 saturated heterocycles. The van der Waals surface area contributed by atoms with Crippen LogP contribution in [0, 0.1) is 10.1 Å². The fourth-order valence-electron chi connectivity index (χ4n) is 1.99. The van der Waals surface area contributed by atoms with Crippen LogP contribution in [0.25, 0.3) is 0 Å². The molecule has 8 heteroatoms. The summed E-state index contributed by atoms with van der Waals surface area (Å²) in [6.45, 7) is 1.04. The molecule has 0 fully saturated rings. The number of benzene rings is 2. The summed E-state index contributed by atoms with van der Waals surface area (Å²) in [7, 11) is 0. The van der Waals surface area contributed by atoms with Crippen molar-refractivity contribution >= 4 is 40.6 Å². The molecule has 1 amide bonds. The lowest BCUT2D eigenvalue weighted by molar-refractivity contribution is -0.384. The van der Waals surface area contributed by atoms with Gasteiger partial charge in [0.2, 0.25) is 5.91 Å². The number of nitrogens with zero attached hydrogens (tertiary/aromatic N) is 1. The number of carbonyl (C=O) groups excluding carboxylic acids is 1. The van der Waals surface area contributed by atoms with Gasteiger partial charge in [0.05, 0.1) is 4.92 Å². The van der Waals surface area contributed by atoms with E-state index in [0.29, 0.717) is 30.3 Å². The zero-order valence-electron chi connectivity index (χ0n) is 13.4. The van der Waals surface area contributed by atoms with Gasteiger partial charge in [0.1, 0.15) is 0 Å². The number of hydrogen-bond donors (Lipinski definition) is 2. The van der Waals surface area contributed by atoms with Gasteiger partial charge < -0.3 is 10.6 Å². The molecular weight excluding hydrogens is 362 g/mol. The molecule has 0 atom stereocenters. The van der Waals surface area contributed by atoms with Gasteiger partial charge in [0, 0.05) is 53.0 Å². The van der Waals surface area contributed by atoms with E-state index in [1.165, 1.54) is 12.1 Å². The highest BCUT2D eigenvalue weighted by Crippen LogP contribution is 2.20. The van der Waals surface area contributed by atoms with Crippen LogP contribution in [-0.4, -0.2) is 29.7 Å². The molecule has 0 radical (unpaired) electrons. The fraction of sp³-hybridized carbons (Fsp3) is 0.235. The first-order valence-electron chi connectivity index (χ1n) is 7.68. The highest BCUT2D eigenvalue weighted by molar-refractivity contribution is 7.99. The number of anilines is 1. The number of halogens is 1. The van der Waals surface area contributed by atoms with Crippen molar-refractivity contribution in [2.75, 3.05) is 24.2 Å². The van der Waals surface area contributed by atoms with Crippen molar-refractivity contribution < 1.29 is 9.72 Å². The summed E-state index contributed by atoms with van der Waals surface area (Å²) in [5.41, 5.74) is 0.829. The molecule has 0 aromatic heterocycles. The monoisotopic (exact) mass is 379 g/mol. The molecule has 0 heterocycles. The van der Waals surface area contributed by atoms with Crippen molar-refractivity contribution in [3.8, 4) is 0 Å². The topological polar surface area (TPSA) is 84.3 Å². The first-order valence-corrected chi connectivity index (χ1v) is 9.04. The predicted molar refractivity (Wildman–Crippen MR) is 101 cm³/mol. The molecule has 2 aromatic carbocycles. The number of nitrogens with one attached hydrogen (secondary N) is 2. The van der Waals surface area contributed by atoms with E-state index in [0.717, 1.165) is 10.6 Å². The number of nitro benzene ring substituents is 1.